The van der Waals surface area contributed by atoms with Gasteiger partial charge in [-0.25, -0.2) is 4.39 Å². The van der Waals surface area contributed by atoms with Crippen molar-refractivity contribution < 1.29 is 4.39 Å². The third-order valence-electron chi connectivity index (χ3n) is 4.60. The van der Waals surface area contributed by atoms with Crippen LogP contribution in [0.2, 0.25) is 0 Å². The average molecular weight is 263 g/mol. The zero-order valence-electron chi connectivity index (χ0n) is 12.2. The molecule has 1 N–H and O–H groups in total. The van der Waals surface area contributed by atoms with Gasteiger partial charge in [-0.3, -0.25) is 0 Å². The van der Waals surface area contributed by atoms with Crippen molar-refractivity contribution in [2.75, 3.05) is 6.54 Å². The van der Waals surface area contributed by atoms with Crippen LogP contribution in [0, 0.1) is 24.6 Å². The standard InChI is InChI=1S/C17H26FN/c1-3-14-5-7-15(8-6-14)11-19-12-16-10-17(18)9-4-13(16)2/h4,9-10,14-15,19H,3,5-8,11-12H2,1-2H3. The molecule has 1 saturated carbocycles. The molecule has 0 unspecified atom stereocenters. The van der Waals surface area contributed by atoms with Gasteiger partial charge in [0.1, 0.15) is 5.82 Å². The molecule has 0 bridgehead atoms. The molecule has 1 nitrogen and oxygen atoms in total. The van der Waals surface area contributed by atoms with E-state index in [-0.39, 0.29) is 5.82 Å². The maximum Gasteiger partial charge on any atom is 0.123 e. The van der Waals surface area contributed by atoms with Gasteiger partial charge in [0.15, 0.2) is 0 Å². The van der Waals surface area contributed by atoms with Gasteiger partial charge in [0, 0.05) is 6.54 Å². The highest BCUT2D eigenvalue weighted by molar-refractivity contribution is 5.26. The third-order valence-corrected chi connectivity index (χ3v) is 4.60. The van der Waals surface area contributed by atoms with Gasteiger partial charge >= 0.3 is 0 Å². The van der Waals surface area contributed by atoms with Crippen LogP contribution < -0.4 is 5.32 Å². The van der Waals surface area contributed by atoms with E-state index in [2.05, 4.69) is 12.2 Å². The largest absolute Gasteiger partial charge is 0.312 e. The molecular weight excluding hydrogens is 237 g/mol. The van der Waals surface area contributed by atoms with Crippen molar-refractivity contribution in [2.45, 2.75) is 52.5 Å². The molecule has 0 aliphatic heterocycles. The predicted octanol–water partition coefficient (Wildman–Crippen LogP) is 4.44. The highest BCUT2D eigenvalue weighted by Gasteiger charge is 2.19. The van der Waals surface area contributed by atoms with Crippen molar-refractivity contribution in [2.24, 2.45) is 11.8 Å². The van der Waals surface area contributed by atoms with Gasteiger partial charge in [-0.15, -0.1) is 0 Å². The van der Waals surface area contributed by atoms with Gasteiger partial charge in [-0.2, -0.15) is 0 Å². The summed E-state index contributed by atoms with van der Waals surface area (Å²) in [7, 11) is 0. The number of nitrogens with one attached hydrogen (secondary N) is 1. The van der Waals surface area contributed by atoms with Crippen LogP contribution in [0.3, 0.4) is 0 Å². The topological polar surface area (TPSA) is 12.0 Å². The smallest absolute Gasteiger partial charge is 0.123 e. The maximum absolute atomic E-state index is 13.2. The van der Waals surface area contributed by atoms with Crippen LogP contribution in [0.1, 0.15) is 50.2 Å². The van der Waals surface area contributed by atoms with Crippen LogP contribution in [0.25, 0.3) is 0 Å². The SMILES string of the molecule is CCC1CCC(CNCc2cc(F)ccc2C)CC1. The molecule has 0 saturated heterocycles. The van der Waals surface area contributed by atoms with Crippen molar-refractivity contribution in [3.63, 3.8) is 0 Å². The van der Waals surface area contributed by atoms with Crippen LogP contribution in [0.5, 0.6) is 0 Å². The molecule has 0 spiro atoms. The molecular formula is C17H26FN. The molecule has 1 aliphatic carbocycles. The van der Waals surface area contributed by atoms with E-state index in [0.29, 0.717) is 0 Å². The quantitative estimate of drug-likeness (QED) is 0.828. The lowest BCUT2D eigenvalue weighted by molar-refractivity contribution is 0.262. The molecule has 1 aliphatic rings. The fraction of sp³-hybridized carbons (Fsp3) is 0.647. The van der Waals surface area contributed by atoms with Crippen LogP contribution in [-0.4, -0.2) is 6.54 Å². The summed E-state index contributed by atoms with van der Waals surface area (Å²) in [6.07, 6.45) is 6.83. The van der Waals surface area contributed by atoms with E-state index in [9.17, 15) is 4.39 Å². The number of benzene rings is 1. The molecule has 0 amide bonds. The van der Waals surface area contributed by atoms with Crippen molar-refractivity contribution in [1.29, 1.82) is 0 Å². The number of rotatable bonds is 5. The second-order valence-electron chi connectivity index (χ2n) is 6.00. The minimum absolute atomic E-state index is 0.133. The molecule has 2 rings (SSSR count). The fourth-order valence-electron chi connectivity index (χ4n) is 3.09. The number of hydrogen-bond donors (Lipinski definition) is 1. The molecule has 1 fully saturated rings. The molecule has 2 heteroatoms. The first-order chi connectivity index (χ1) is 9.19. The third kappa shape index (κ3) is 4.31. The Morgan fingerprint density at radius 2 is 1.84 bits per heavy atom. The molecule has 19 heavy (non-hydrogen) atoms. The molecule has 0 heterocycles. The van der Waals surface area contributed by atoms with Gasteiger partial charge in [-0.1, -0.05) is 32.3 Å². The highest BCUT2D eigenvalue weighted by Crippen LogP contribution is 2.30. The summed E-state index contributed by atoms with van der Waals surface area (Å²) in [5, 5.41) is 3.51. The lowest BCUT2D eigenvalue weighted by atomic mass is 9.81. The number of halogens is 1. The van der Waals surface area contributed by atoms with Gasteiger partial charge < -0.3 is 5.32 Å². The van der Waals surface area contributed by atoms with Crippen LogP contribution in [0.15, 0.2) is 18.2 Å². The normalized spacial score (nSPS) is 23.5. The first-order valence-corrected chi connectivity index (χ1v) is 7.64. The Labute approximate surface area is 116 Å². The molecule has 106 valence electrons. The Hall–Kier alpha value is -0.890. The van der Waals surface area contributed by atoms with Crippen LogP contribution >= 0.6 is 0 Å². The Morgan fingerprint density at radius 3 is 2.53 bits per heavy atom. The lowest BCUT2D eigenvalue weighted by Gasteiger charge is -2.28. The second-order valence-corrected chi connectivity index (χ2v) is 6.00. The minimum Gasteiger partial charge on any atom is -0.312 e. The summed E-state index contributed by atoms with van der Waals surface area (Å²) in [6, 6.07) is 5.04. The van der Waals surface area contributed by atoms with Crippen molar-refractivity contribution in [1.82, 2.24) is 5.32 Å². The summed E-state index contributed by atoms with van der Waals surface area (Å²) >= 11 is 0. The Kier molecular flexibility index (Phi) is 5.38. The average Bonchev–Trinajstić information content (AvgIpc) is 2.43. The summed E-state index contributed by atoms with van der Waals surface area (Å²) in [4.78, 5) is 0. The maximum atomic E-state index is 13.2. The Morgan fingerprint density at radius 1 is 1.16 bits per heavy atom. The zero-order valence-corrected chi connectivity index (χ0v) is 12.2. The zero-order chi connectivity index (χ0) is 13.7. The van der Waals surface area contributed by atoms with Gasteiger partial charge in [-0.05, 0) is 61.4 Å². The monoisotopic (exact) mass is 263 g/mol. The number of hydrogen-bond acceptors (Lipinski definition) is 1. The first-order valence-electron chi connectivity index (χ1n) is 7.64. The van der Waals surface area contributed by atoms with E-state index in [1.54, 1.807) is 6.07 Å². The molecule has 1 aromatic rings. The predicted molar refractivity (Wildman–Crippen MR) is 78.6 cm³/mol. The minimum atomic E-state index is -0.133. The second kappa shape index (κ2) is 7.04. The van der Waals surface area contributed by atoms with Crippen molar-refractivity contribution in [3.05, 3.63) is 35.1 Å². The molecule has 0 aromatic heterocycles. The van der Waals surface area contributed by atoms with Crippen molar-refractivity contribution in [3.8, 4) is 0 Å². The summed E-state index contributed by atoms with van der Waals surface area (Å²) in [5.41, 5.74) is 2.26. The lowest BCUT2D eigenvalue weighted by Crippen LogP contribution is -2.26. The first kappa shape index (κ1) is 14.5. The Balaban J connectivity index is 1.73. The van der Waals surface area contributed by atoms with E-state index in [1.165, 1.54) is 43.7 Å². The van der Waals surface area contributed by atoms with Crippen LogP contribution in [-0.2, 0) is 6.54 Å². The fourth-order valence-corrected chi connectivity index (χ4v) is 3.09. The summed E-state index contributed by atoms with van der Waals surface area (Å²) in [6.45, 7) is 6.21. The summed E-state index contributed by atoms with van der Waals surface area (Å²) < 4.78 is 13.2. The molecule has 1 aromatic carbocycles. The molecule has 0 atom stereocenters. The Bertz CT molecular complexity index is 394. The van der Waals surface area contributed by atoms with Crippen molar-refractivity contribution >= 4 is 0 Å². The van der Waals surface area contributed by atoms with E-state index < -0.39 is 0 Å². The molecule has 0 radical (unpaired) electrons. The van der Waals surface area contributed by atoms with Crippen LogP contribution in [0.4, 0.5) is 4.39 Å². The summed E-state index contributed by atoms with van der Waals surface area (Å²) in [5.74, 6) is 1.64. The highest BCUT2D eigenvalue weighted by atomic mass is 19.1. The van der Waals surface area contributed by atoms with E-state index in [1.807, 2.05) is 13.0 Å². The van der Waals surface area contributed by atoms with E-state index in [4.69, 9.17) is 0 Å². The van der Waals surface area contributed by atoms with Gasteiger partial charge in [0.2, 0.25) is 0 Å². The van der Waals surface area contributed by atoms with Gasteiger partial charge in [0.25, 0.3) is 0 Å². The number of aryl methyl sites for hydroxylation is 1. The van der Waals surface area contributed by atoms with E-state index in [0.717, 1.165) is 30.5 Å². The van der Waals surface area contributed by atoms with Gasteiger partial charge in [0.05, 0.1) is 0 Å². The van der Waals surface area contributed by atoms with E-state index >= 15 is 0 Å².